The zero-order chi connectivity index (χ0) is 15.9. The fourth-order valence-corrected chi connectivity index (χ4v) is 2.02. The summed E-state index contributed by atoms with van der Waals surface area (Å²) in [5, 5.41) is 0. The number of ether oxygens (including phenoxy) is 3. The van der Waals surface area contributed by atoms with Gasteiger partial charge in [0.1, 0.15) is 6.29 Å². The smallest absolute Gasteiger partial charge is 0.169 e. The maximum atomic E-state index is 10.8. The van der Waals surface area contributed by atoms with Crippen molar-refractivity contribution in [1.82, 2.24) is 0 Å². The Labute approximate surface area is 129 Å². The number of hydrogen-bond acceptors (Lipinski definition) is 4. The molecule has 0 aliphatic heterocycles. The van der Waals surface area contributed by atoms with E-state index in [1.54, 1.807) is 25.3 Å². The normalized spacial score (nSPS) is 10.5. The van der Waals surface area contributed by atoms with Gasteiger partial charge in [-0.25, -0.2) is 0 Å². The van der Waals surface area contributed by atoms with E-state index in [0.717, 1.165) is 11.8 Å². The highest BCUT2D eigenvalue weighted by atomic mass is 16.5. The van der Waals surface area contributed by atoms with Crippen molar-refractivity contribution in [1.29, 1.82) is 0 Å². The van der Waals surface area contributed by atoms with Crippen LogP contribution in [-0.2, 0) is 0 Å². The molecule has 0 heterocycles. The predicted molar refractivity (Wildman–Crippen MR) is 86.2 cm³/mol. The van der Waals surface area contributed by atoms with Crippen molar-refractivity contribution in [3.8, 4) is 23.0 Å². The average Bonchev–Trinajstić information content (AvgIpc) is 2.56. The monoisotopic (exact) mass is 298 g/mol. The molecule has 22 heavy (non-hydrogen) atoms. The molecule has 0 aliphatic carbocycles. The van der Waals surface area contributed by atoms with Crippen LogP contribution in [0, 0.1) is 0 Å². The lowest BCUT2D eigenvalue weighted by atomic mass is 10.2. The van der Waals surface area contributed by atoms with Gasteiger partial charge in [-0.15, -0.1) is 0 Å². The minimum absolute atomic E-state index is 0.490. The van der Waals surface area contributed by atoms with E-state index >= 15 is 0 Å². The van der Waals surface area contributed by atoms with Crippen LogP contribution in [-0.4, -0.2) is 20.5 Å². The van der Waals surface area contributed by atoms with Gasteiger partial charge >= 0.3 is 0 Å². The van der Waals surface area contributed by atoms with Gasteiger partial charge in [-0.3, -0.25) is 4.79 Å². The van der Waals surface area contributed by atoms with E-state index in [-0.39, 0.29) is 0 Å². The van der Waals surface area contributed by atoms with Gasteiger partial charge in [0.25, 0.3) is 0 Å². The lowest BCUT2D eigenvalue weighted by molar-refractivity contribution is 0.112. The summed E-state index contributed by atoms with van der Waals surface area (Å²) in [6.45, 7) is 1.95. The van der Waals surface area contributed by atoms with Crippen LogP contribution in [0.15, 0.2) is 42.5 Å². The molecule has 2 aromatic rings. The van der Waals surface area contributed by atoms with Gasteiger partial charge < -0.3 is 14.2 Å². The predicted octanol–water partition coefficient (Wildman–Crippen LogP) is 4.34. The first-order valence-corrected chi connectivity index (χ1v) is 6.83. The molecule has 2 rings (SSSR count). The Morgan fingerprint density at radius 1 is 0.818 bits per heavy atom. The first kappa shape index (κ1) is 15.6. The second-order valence-electron chi connectivity index (χ2n) is 4.54. The molecule has 0 radical (unpaired) electrons. The Hall–Kier alpha value is -2.75. The molecule has 0 spiro atoms. The van der Waals surface area contributed by atoms with E-state index < -0.39 is 0 Å². The number of hydrogen-bond donors (Lipinski definition) is 0. The van der Waals surface area contributed by atoms with Gasteiger partial charge in [-0.2, -0.15) is 0 Å². The summed E-state index contributed by atoms with van der Waals surface area (Å²) >= 11 is 0. The maximum absolute atomic E-state index is 10.8. The second-order valence-corrected chi connectivity index (χ2v) is 4.54. The molecule has 0 atom stereocenters. The highest BCUT2D eigenvalue weighted by Crippen LogP contribution is 2.37. The zero-order valence-corrected chi connectivity index (χ0v) is 12.8. The quantitative estimate of drug-likeness (QED) is 0.744. The Morgan fingerprint density at radius 3 is 1.86 bits per heavy atom. The Balaban J connectivity index is 2.36. The molecular formula is C18H18O4. The summed E-state index contributed by atoms with van der Waals surface area (Å²) in [5.74, 6) is 2.21. The van der Waals surface area contributed by atoms with Crippen LogP contribution in [0.1, 0.15) is 22.8 Å². The van der Waals surface area contributed by atoms with Crippen molar-refractivity contribution < 1.29 is 19.0 Å². The fourth-order valence-electron chi connectivity index (χ4n) is 2.02. The van der Waals surface area contributed by atoms with Gasteiger partial charge in [0, 0.05) is 5.56 Å². The van der Waals surface area contributed by atoms with E-state index in [1.807, 2.05) is 37.3 Å². The summed E-state index contributed by atoms with van der Waals surface area (Å²) in [5.41, 5.74) is 1.55. The Morgan fingerprint density at radius 2 is 1.36 bits per heavy atom. The molecule has 0 amide bonds. The van der Waals surface area contributed by atoms with Gasteiger partial charge in [-0.1, -0.05) is 18.2 Å². The maximum Gasteiger partial charge on any atom is 0.169 e. The number of rotatable bonds is 6. The molecule has 0 aliphatic rings. The minimum Gasteiger partial charge on any atom is -0.493 e. The van der Waals surface area contributed by atoms with Crippen molar-refractivity contribution >= 4 is 12.4 Å². The van der Waals surface area contributed by atoms with E-state index in [4.69, 9.17) is 14.2 Å². The van der Waals surface area contributed by atoms with Crippen LogP contribution in [0.25, 0.3) is 6.08 Å². The molecule has 4 heteroatoms. The summed E-state index contributed by atoms with van der Waals surface area (Å²) in [6, 6.07) is 10.7. The Kier molecular flexibility index (Phi) is 5.20. The van der Waals surface area contributed by atoms with E-state index in [2.05, 4.69) is 0 Å². The first-order chi connectivity index (χ1) is 10.7. The SMILES string of the molecule is C/C=C/c1ccc(Oc2ccc(C=O)cc2OC)c(OC)c1. The van der Waals surface area contributed by atoms with Crippen LogP contribution >= 0.6 is 0 Å². The van der Waals surface area contributed by atoms with Crippen LogP contribution in [0.5, 0.6) is 23.0 Å². The number of allylic oxidation sites excluding steroid dienone is 1. The molecule has 2 aromatic carbocycles. The third kappa shape index (κ3) is 3.47. The number of aldehydes is 1. The summed E-state index contributed by atoms with van der Waals surface area (Å²) in [6.07, 6.45) is 4.70. The highest BCUT2D eigenvalue weighted by molar-refractivity contribution is 5.76. The lowest BCUT2D eigenvalue weighted by Gasteiger charge is -2.13. The van der Waals surface area contributed by atoms with Crippen LogP contribution < -0.4 is 14.2 Å². The van der Waals surface area contributed by atoms with Crippen LogP contribution in [0.4, 0.5) is 0 Å². The van der Waals surface area contributed by atoms with Crippen molar-refractivity contribution in [2.24, 2.45) is 0 Å². The summed E-state index contributed by atoms with van der Waals surface area (Å²) < 4.78 is 16.5. The molecule has 4 nitrogen and oxygen atoms in total. The van der Waals surface area contributed by atoms with Crippen molar-refractivity contribution in [2.45, 2.75) is 6.92 Å². The largest absolute Gasteiger partial charge is 0.493 e. The summed E-state index contributed by atoms with van der Waals surface area (Å²) in [4.78, 5) is 10.8. The third-order valence-electron chi connectivity index (χ3n) is 3.09. The topological polar surface area (TPSA) is 44.8 Å². The van der Waals surface area contributed by atoms with Gasteiger partial charge in [0.05, 0.1) is 14.2 Å². The van der Waals surface area contributed by atoms with E-state index in [9.17, 15) is 4.79 Å². The molecule has 0 unspecified atom stereocenters. The average molecular weight is 298 g/mol. The lowest BCUT2D eigenvalue weighted by Crippen LogP contribution is -1.94. The fraction of sp³-hybridized carbons (Fsp3) is 0.167. The van der Waals surface area contributed by atoms with Gasteiger partial charge in [0.2, 0.25) is 0 Å². The van der Waals surface area contributed by atoms with Gasteiger partial charge in [-0.05, 0) is 42.8 Å². The molecule has 114 valence electrons. The van der Waals surface area contributed by atoms with Crippen molar-refractivity contribution in [2.75, 3.05) is 14.2 Å². The molecule has 0 bridgehead atoms. The van der Waals surface area contributed by atoms with E-state index in [1.165, 1.54) is 7.11 Å². The van der Waals surface area contributed by atoms with Crippen LogP contribution in [0.3, 0.4) is 0 Å². The standard InChI is InChI=1S/C18H18O4/c1-4-5-13-6-8-15(17(10-13)20-2)22-16-9-7-14(12-19)11-18(16)21-3/h4-12H,1-3H3/b5-4+. The number of carbonyl (C=O) groups excluding carboxylic acids is 1. The number of methoxy groups -OCH3 is 2. The van der Waals surface area contributed by atoms with Crippen LogP contribution in [0.2, 0.25) is 0 Å². The van der Waals surface area contributed by atoms with Crippen molar-refractivity contribution in [3.63, 3.8) is 0 Å². The molecule has 0 saturated carbocycles. The number of benzene rings is 2. The molecule has 0 aromatic heterocycles. The first-order valence-electron chi connectivity index (χ1n) is 6.83. The van der Waals surface area contributed by atoms with E-state index in [0.29, 0.717) is 28.6 Å². The highest BCUT2D eigenvalue weighted by Gasteiger charge is 2.11. The summed E-state index contributed by atoms with van der Waals surface area (Å²) in [7, 11) is 3.12. The molecular weight excluding hydrogens is 280 g/mol. The third-order valence-corrected chi connectivity index (χ3v) is 3.09. The molecule has 0 fully saturated rings. The minimum atomic E-state index is 0.490. The molecule has 0 saturated heterocycles. The van der Waals surface area contributed by atoms with Gasteiger partial charge in [0.15, 0.2) is 23.0 Å². The second kappa shape index (κ2) is 7.31. The zero-order valence-electron chi connectivity index (χ0n) is 12.8. The number of carbonyl (C=O) groups is 1. The Bertz CT molecular complexity index is 689. The van der Waals surface area contributed by atoms with Crippen molar-refractivity contribution in [3.05, 3.63) is 53.6 Å². The molecule has 0 N–H and O–H groups in total.